The molecule has 0 amide bonds. The van der Waals surface area contributed by atoms with Crippen molar-refractivity contribution in [2.75, 3.05) is 13.7 Å². The van der Waals surface area contributed by atoms with Gasteiger partial charge in [0, 0.05) is 12.7 Å². The molecule has 0 heterocycles. The molecule has 88 valence electrons. The van der Waals surface area contributed by atoms with Crippen LogP contribution in [0.5, 0.6) is 0 Å². The standard InChI is InChI=1S/C13H19NO2/c1-10(16-2)3-4-11-5-7-12(8-6-11)13(15)9-14/h5-8,10H,3-4,9,14H2,1-2H3. The maximum absolute atomic E-state index is 11.3. The SMILES string of the molecule is COC(C)CCc1ccc(C(=O)CN)cc1. The molecule has 2 N–H and O–H groups in total. The van der Waals surface area contributed by atoms with E-state index in [9.17, 15) is 4.79 Å². The Labute approximate surface area is 96.6 Å². The maximum atomic E-state index is 11.3. The molecule has 0 radical (unpaired) electrons. The average Bonchev–Trinajstić information content (AvgIpc) is 2.35. The predicted molar refractivity (Wildman–Crippen MR) is 64.6 cm³/mol. The smallest absolute Gasteiger partial charge is 0.176 e. The zero-order valence-corrected chi connectivity index (χ0v) is 9.90. The summed E-state index contributed by atoms with van der Waals surface area (Å²) in [5.41, 5.74) is 7.20. The summed E-state index contributed by atoms with van der Waals surface area (Å²) in [4.78, 5) is 11.3. The number of ketones is 1. The van der Waals surface area contributed by atoms with E-state index < -0.39 is 0 Å². The van der Waals surface area contributed by atoms with Gasteiger partial charge in [0.15, 0.2) is 5.78 Å². The fourth-order valence-electron chi connectivity index (χ4n) is 1.46. The molecular formula is C13H19NO2. The van der Waals surface area contributed by atoms with Gasteiger partial charge in [-0.25, -0.2) is 0 Å². The molecule has 0 aliphatic rings. The van der Waals surface area contributed by atoms with Crippen LogP contribution in [0.1, 0.15) is 29.3 Å². The van der Waals surface area contributed by atoms with Gasteiger partial charge in [-0.1, -0.05) is 24.3 Å². The second kappa shape index (κ2) is 6.40. The van der Waals surface area contributed by atoms with Crippen molar-refractivity contribution in [1.29, 1.82) is 0 Å². The molecule has 1 aromatic carbocycles. The number of carbonyl (C=O) groups is 1. The Bertz CT molecular complexity index is 332. The molecular weight excluding hydrogens is 202 g/mol. The Kier molecular flexibility index (Phi) is 5.15. The third-order valence-corrected chi connectivity index (χ3v) is 2.70. The van der Waals surface area contributed by atoms with E-state index in [1.54, 1.807) is 7.11 Å². The second-order valence-corrected chi connectivity index (χ2v) is 3.91. The summed E-state index contributed by atoms with van der Waals surface area (Å²) >= 11 is 0. The van der Waals surface area contributed by atoms with Crippen LogP contribution in [-0.2, 0) is 11.2 Å². The van der Waals surface area contributed by atoms with Crippen LogP contribution in [0.25, 0.3) is 0 Å². The lowest BCUT2D eigenvalue weighted by Gasteiger charge is -2.09. The van der Waals surface area contributed by atoms with Crippen molar-refractivity contribution in [3.05, 3.63) is 35.4 Å². The minimum Gasteiger partial charge on any atom is -0.382 e. The highest BCUT2D eigenvalue weighted by Crippen LogP contribution is 2.09. The van der Waals surface area contributed by atoms with Crippen molar-refractivity contribution in [2.45, 2.75) is 25.9 Å². The summed E-state index contributed by atoms with van der Waals surface area (Å²) in [5.74, 6) is -0.0168. The summed E-state index contributed by atoms with van der Waals surface area (Å²) in [7, 11) is 1.72. The topological polar surface area (TPSA) is 52.3 Å². The van der Waals surface area contributed by atoms with Crippen LogP contribution in [-0.4, -0.2) is 25.5 Å². The molecule has 16 heavy (non-hydrogen) atoms. The molecule has 0 saturated heterocycles. The average molecular weight is 221 g/mol. The Morgan fingerprint density at radius 3 is 2.50 bits per heavy atom. The number of aryl methyl sites for hydroxylation is 1. The van der Waals surface area contributed by atoms with E-state index in [0.717, 1.165) is 12.8 Å². The normalized spacial score (nSPS) is 12.4. The van der Waals surface area contributed by atoms with Crippen molar-refractivity contribution >= 4 is 5.78 Å². The summed E-state index contributed by atoms with van der Waals surface area (Å²) in [5, 5.41) is 0. The molecule has 1 atom stereocenters. The van der Waals surface area contributed by atoms with Crippen molar-refractivity contribution in [1.82, 2.24) is 0 Å². The van der Waals surface area contributed by atoms with E-state index in [1.807, 2.05) is 31.2 Å². The molecule has 1 unspecified atom stereocenters. The highest BCUT2D eigenvalue weighted by atomic mass is 16.5. The number of nitrogens with two attached hydrogens (primary N) is 1. The summed E-state index contributed by atoms with van der Waals surface area (Å²) in [6, 6.07) is 7.63. The van der Waals surface area contributed by atoms with Gasteiger partial charge in [0.1, 0.15) is 0 Å². The number of carbonyl (C=O) groups excluding carboxylic acids is 1. The highest BCUT2D eigenvalue weighted by Gasteiger charge is 2.04. The Morgan fingerprint density at radius 1 is 1.38 bits per heavy atom. The summed E-state index contributed by atoms with van der Waals surface area (Å²) < 4.78 is 5.18. The van der Waals surface area contributed by atoms with Gasteiger partial charge in [-0.2, -0.15) is 0 Å². The molecule has 0 bridgehead atoms. The van der Waals surface area contributed by atoms with Gasteiger partial charge in [-0.3, -0.25) is 4.79 Å². The number of benzene rings is 1. The maximum Gasteiger partial charge on any atom is 0.176 e. The van der Waals surface area contributed by atoms with Crippen LogP contribution in [0.15, 0.2) is 24.3 Å². The summed E-state index contributed by atoms with van der Waals surface area (Å²) in [6.07, 6.45) is 2.22. The van der Waals surface area contributed by atoms with Crippen molar-refractivity contribution in [3.8, 4) is 0 Å². The van der Waals surface area contributed by atoms with Gasteiger partial charge in [0.2, 0.25) is 0 Å². The second-order valence-electron chi connectivity index (χ2n) is 3.91. The van der Waals surface area contributed by atoms with Crippen LogP contribution in [0.3, 0.4) is 0 Å². The third kappa shape index (κ3) is 3.76. The van der Waals surface area contributed by atoms with Crippen molar-refractivity contribution in [3.63, 3.8) is 0 Å². The van der Waals surface area contributed by atoms with Gasteiger partial charge < -0.3 is 10.5 Å². The lowest BCUT2D eigenvalue weighted by Crippen LogP contribution is -2.13. The summed E-state index contributed by atoms with van der Waals surface area (Å²) in [6.45, 7) is 2.12. The first-order valence-electron chi connectivity index (χ1n) is 5.52. The van der Waals surface area contributed by atoms with E-state index in [-0.39, 0.29) is 18.4 Å². The van der Waals surface area contributed by atoms with Crippen molar-refractivity contribution < 1.29 is 9.53 Å². The number of Topliss-reactive ketones (excluding diaryl/α,β-unsaturated/α-hetero) is 1. The Hall–Kier alpha value is -1.19. The first kappa shape index (κ1) is 12.9. The van der Waals surface area contributed by atoms with Gasteiger partial charge in [0.05, 0.1) is 12.6 Å². The highest BCUT2D eigenvalue weighted by molar-refractivity contribution is 5.97. The van der Waals surface area contributed by atoms with Gasteiger partial charge in [0.25, 0.3) is 0 Å². The fraction of sp³-hybridized carbons (Fsp3) is 0.462. The zero-order chi connectivity index (χ0) is 12.0. The van der Waals surface area contributed by atoms with Crippen molar-refractivity contribution in [2.24, 2.45) is 5.73 Å². The predicted octanol–water partition coefficient (Wildman–Crippen LogP) is 1.80. The quantitative estimate of drug-likeness (QED) is 0.745. The number of methoxy groups -OCH3 is 1. The molecule has 0 fully saturated rings. The van der Waals surface area contributed by atoms with Crippen LogP contribution >= 0.6 is 0 Å². The van der Waals surface area contributed by atoms with Gasteiger partial charge >= 0.3 is 0 Å². The van der Waals surface area contributed by atoms with E-state index in [1.165, 1.54) is 5.56 Å². The van der Waals surface area contributed by atoms with Gasteiger partial charge in [-0.05, 0) is 25.3 Å². The molecule has 3 heteroatoms. The molecule has 0 spiro atoms. The molecule has 0 aliphatic carbocycles. The molecule has 1 aromatic rings. The first-order chi connectivity index (χ1) is 7.67. The minimum absolute atomic E-state index is 0.0168. The van der Waals surface area contributed by atoms with E-state index >= 15 is 0 Å². The number of ether oxygens (including phenoxy) is 1. The lowest BCUT2D eigenvalue weighted by atomic mass is 10.0. The van der Waals surface area contributed by atoms with Gasteiger partial charge in [-0.15, -0.1) is 0 Å². The number of hydrogen-bond donors (Lipinski definition) is 1. The first-order valence-corrected chi connectivity index (χ1v) is 5.52. The largest absolute Gasteiger partial charge is 0.382 e. The van der Waals surface area contributed by atoms with Crippen LogP contribution in [0.2, 0.25) is 0 Å². The monoisotopic (exact) mass is 221 g/mol. The lowest BCUT2D eigenvalue weighted by molar-refractivity contribution is 0.100. The number of hydrogen-bond acceptors (Lipinski definition) is 3. The fourth-order valence-corrected chi connectivity index (χ4v) is 1.46. The van der Waals surface area contributed by atoms with E-state index in [4.69, 9.17) is 10.5 Å². The molecule has 0 aromatic heterocycles. The third-order valence-electron chi connectivity index (χ3n) is 2.70. The van der Waals surface area contributed by atoms with Crippen LogP contribution in [0.4, 0.5) is 0 Å². The Morgan fingerprint density at radius 2 is 2.00 bits per heavy atom. The number of rotatable bonds is 6. The minimum atomic E-state index is -0.0168. The zero-order valence-electron chi connectivity index (χ0n) is 9.90. The molecule has 3 nitrogen and oxygen atoms in total. The van der Waals surface area contributed by atoms with Crippen LogP contribution < -0.4 is 5.73 Å². The molecule has 0 saturated carbocycles. The van der Waals surface area contributed by atoms with E-state index in [2.05, 4.69) is 0 Å². The Balaban J connectivity index is 2.54. The van der Waals surface area contributed by atoms with Crippen LogP contribution in [0, 0.1) is 0 Å². The van der Waals surface area contributed by atoms with E-state index in [0.29, 0.717) is 5.56 Å². The molecule has 0 aliphatic heterocycles. The molecule has 1 rings (SSSR count).